The Balaban J connectivity index is 1.82. The van der Waals surface area contributed by atoms with Crippen molar-refractivity contribution in [3.63, 3.8) is 0 Å². The van der Waals surface area contributed by atoms with E-state index in [0.717, 1.165) is 19.3 Å². The predicted octanol–water partition coefficient (Wildman–Crippen LogP) is 1.82. The molecule has 1 fully saturated rings. The number of H-pyrrole nitrogens is 2. The summed E-state index contributed by atoms with van der Waals surface area (Å²) in [5.74, 6) is 0.623. The molecule has 28 heavy (non-hydrogen) atoms. The zero-order chi connectivity index (χ0) is 19.9. The molecule has 1 aliphatic heterocycles. The highest BCUT2D eigenvalue weighted by atomic mass is 32.2. The number of sulfonamides is 1. The fourth-order valence-corrected chi connectivity index (χ4v) is 5.34. The highest BCUT2D eigenvalue weighted by molar-refractivity contribution is 7.89. The standard InChI is InChI=1S/C18H20N4O5S/c1-11-9-15(21-27-11)16-5-3-2-4-8-22(16)28(25,26)12-6-7-14-13(10-12)17(23)20-18(24)19-14/h6-7,9-10,16H,2-5,8H2,1H3,(H2,19,20,23,24)/t16-/m0/s1. The predicted molar refractivity (Wildman–Crippen MR) is 102 cm³/mol. The van der Waals surface area contributed by atoms with Gasteiger partial charge in [-0.15, -0.1) is 0 Å². The number of rotatable bonds is 3. The molecule has 1 aromatic carbocycles. The minimum absolute atomic E-state index is 0.00432. The molecule has 4 rings (SSSR count). The minimum atomic E-state index is -3.88. The van der Waals surface area contributed by atoms with E-state index < -0.39 is 27.3 Å². The smallest absolute Gasteiger partial charge is 0.326 e. The number of hydrogen-bond donors (Lipinski definition) is 2. The van der Waals surface area contributed by atoms with Crippen LogP contribution in [0, 0.1) is 6.92 Å². The number of nitrogens with zero attached hydrogens (tertiary/aromatic N) is 2. The van der Waals surface area contributed by atoms with Gasteiger partial charge >= 0.3 is 5.69 Å². The Labute approximate surface area is 160 Å². The Bertz CT molecular complexity index is 1240. The first-order chi connectivity index (χ1) is 13.4. The second kappa shape index (κ2) is 7.02. The highest BCUT2D eigenvalue weighted by Crippen LogP contribution is 2.34. The maximum Gasteiger partial charge on any atom is 0.326 e. The first-order valence-corrected chi connectivity index (χ1v) is 10.5. The summed E-state index contributed by atoms with van der Waals surface area (Å²) in [6.07, 6.45) is 3.21. The number of hydrogen-bond acceptors (Lipinski definition) is 6. The van der Waals surface area contributed by atoms with Gasteiger partial charge in [0.25, 0.3) is 5.56 Å². The fourth-order valence-electron chi connectivity index (χ4n) is 3.65. The fraction of sp³-hybridized carbons (Fsp3) is 0.389. The maximum atomic E-state index is 13.4. The van der Waals surface area contributed by atoms with Crippen LogP contribution in [0.1, 0.15) is 43.2 Å². The largest absolute Gasteiger partial charge is 0.361 e. The van der Waals surface area contributed by atoms with Gasteiger partial charge in [0.1, 0.15) is 11.5 Å². The van der Waals surface area contributed by atoms with Gasteiger partial charge in [0.15, 0.2) is 0 Å². The molecule has 148 valence electrons. The van der Waals surface area contributed by atoms with Crippen LogP contribution in [0.2, 0.25) is 0 Å². The van der Waals surface area contributed by atoms with Crippen LogP contribution >= 0.6 is 0 Å². The molecule has 0 bridgehead atoms. The Morgan fingerprint density at radius 1 is 1.14 bits per heavy atom. The van der Waals surface area contributed by atoms with E-state index >= 15 is 0 Å². The molecular formula is C18H20N4O5S. The van der Waals surface area contributed by atoms with Crippen molar-refractivity contribution in [1.29, 1.82) is 0 Å². The molecule has 3 heterocycles. The van der Waals surface area contributed by atoms with E-state index in [-0.39, 0.29) is 15.8 Å². The van der Waals surface area contributed by atoms with Gasteiger partial charge in [0, 0.05) is 12.6 Å². The zero-order valence-electron chi connectivity index (χ0n) is 15.3. The SMILES string of the molecule is Cc1cc([C@@H]2CCCCCN2S(=O)(=O)c2ccc3[nH]c(=O)[nH]c(=O)c3c2)no1. The molecule has 0 aliphatic carbocycles. The van der Waals surface area contributed by atoms with Crippen LogP contribution in [-0.2, 0) is 10.0 Å². The van der Waals surface area contributed by atoms with Crippen molar-refractivity contribution in [3.8, 4) is 0 Å². The van der Waals surface area contributed by atoms with Crippen LogP contribution in [0.5, 0.6) is 0 Å². The molecule has 0 unspecified atom stereocenters. The third-order valence-electron chi connectivity index (χ3n) is 5.01. The topological polar surface area (TPSA) is 129 Å². The minimum Gasteiger partial charge on any atom is -0.361 e. The normalized spacial score (nSPS) is 19.0. The summed E-state index contributed by atoms with van der Waals surface area (Å²) in [6, 6.07) is 5.48. The van der Waals surface area contributed by atoms with Gasteiger partial charge in [-0.3, -0.25) is 9.78 Å². The Kier molecular flexibility index (Phi) is 4.68. The summed E-state index contributed by atoms with van der Waals surface area (Å²) < 4.78 is 33.5. The molecule has 0 spiro atoms. The van der Waals surface area contributed by atoms with E-state index in [9.17, 15) is 18.0 Å². The van der Waals surface area contributed by atoms with E-state index in [1.54, 1.807) is 13.0 Å². The lowest BCUT2D eigenvalue weighted by Gasteiger charge is -2.27. The Morgan fingerprint density at radius 2 is 1.96 bits per heavy atom. The molecule has 0 saturated carbocycles. The van der Waals surface area contributed by atoms with E-state index in [1.165, 1.54) is 22.5 Å². The van der Waals surface area contributed by atoms with Gasteiger partial charge in [-0.25, -0.2) is 13.2 Å². The molecule has 1 aliphatic rings. The number of nitrogens with one attached hydrogen (secondary N) is 2. The van der Waals surface area contributed by atoms with Crippen molar-refractivity contribution < 1.29 is 12.9 Å². The number of aromatic amines is 2. The van der Waals surface area contributed by atoms with Crippen molar-refractivity contribution in [1.82, 2.24) is 19.4 Å². The van der Waals surface area contributed by atoms with Crippen LogP contribution < -0.4 is 11.2 Å². The first kappa shape index (κ1) is 18.6. The van der Waals surface area contributed by atoms with Crippen molar-refractivity contribution in [3.05, 3.63) is 56.6 Å². The van der Waals surface area contributed by atoms with Crippen LogP contribution in [0.25, 0.3) is 10.9 Å². The average molecular weight is 404 g/mol. The molecule has 2 aromatic heterocycles. The molecular weight excluding hydrogens is 384 g/mol. The highest BCUT2D eigenvalue weighted by Gasteiger charge is 2.35. The summed E-state index contributed by atoms with van der Waals surface area (Å²) >= 11 is 0. The number of aromatic nitrogens is 3. The van der Waals surface area contributed by atoms with Gasteiger partial charge in [0.05, 0.1) is 21.8 Å². The van der Waals surface area contributed by atoms with Crippen molar-refractivity contribution in [2.45, 2.75) is 43.5 Å². The molecule has 0 radical (unpaired) electrons. The first-order valence-electron chi connectivity index (χ1n) is 9.08. The molecule has 2 N–H and O–H groups in total. The number of aryl methyl sites for hydroxylation is 1. The van der Waals surface area contributed by atoms with Gasteiger partial charge in [0.2, 0.25) is 10.0 Å². The van der Waals surface area contributed by atoms with Crippen molar-refractivity contribution in [2.24, 2.45) is 0 Å². The van der Waals surface area contributed by atoms with Crippen LogP contribution in [-0.4, -0.2) is 34.4 Å². The molecule has 0 amide bonds. The molecule has 3 aromatic rings. The van der Waals surface area contributed by atoms with E-state index in [2.05, 4.69) is 15.1 Å². The second-order valence-corrected chi connectivity index (χ2v) is 8.85. The zero-order valence-corrected chi connectivity index (χ0v) is 16.1. The lowest BCUT2D eigenvalue weighted by molar-refractivity contribution is 0.304. The lowest BCUT2D eigenvalue weighted by Crippen LogP contribution is -2.35. The Hall–Kier alpha value is -2.72. The van der Waals surface area contributed by atoms with Crippen LogP contribution in [0.4, 0.5) is 0 Å². The van der Waals surface area contributed by atoms with Gasteiger partial charge in [-0.2, -0.15) is 4.31 Å². The lowest BCUT2D eigenvalue weighted by atomic mass is 10.1. The molecule has 1 atom stereocenters. The average Bonchev–Trinajstić information content (AvgIpc) is 2.92. The summed E-state index contributed by atoms with van der Waals surface area (Å²) in [5.41, 5.74) is -0.393. The maximum absolute atomic E-state index is 13.4. The molecule has 10 heteroatoms. The molecule has 9 nitrogen and oxygen atoms in total. The number of benzene rings is 1. The van der Waals surface area contributed by atoms with Crippen molar-refractivity contribution >= 4 is 20.9 Å². The van der Waals surface area contributed by atoms with Crippen molar-refractivity contribution in [2.75, 3.05) is 6.54 Å². The summed E-state index contributed by atoms with van der Waals surface area (Å²) in [4.78, 5) is 28.1. The summed E-state index contributed by atoms with van der Waals surface area (Å²) in [5, 5.41) is 4.15. The Morgan fingerprint density at radius 3 is 2.71 bits per heavy atom. The molecule has 1 saturated heterocycles. The third kappa shape index (κ3) is 3.29. The van der Waals surface area contributed by atoms with Gasteiger partial charge < -0.3 is 9.51 Å². The summed E-state index contributed by atoms with van der Waals surface area (Å²) in [7, 11) is -3.88. The van der Waals surface area contributed by atoms with Gasteiger partial charge in [-0.1, -0.05) is 18.0 Å². The van der Waals surface area contributed by atoms with E-state index in [4.69, 9.17) is 4.52 Å². The second-order valence-electron chi connectivity index (χ2n) is 6.96. The monoisotopic (exact) mass is 404 g/mol. The van der Waals surface area contributed by atoms with Crippen LogP contribution in [0.3, 0.4) is 0 Å². The quantitative estimate of drug-likeness (QED) is 0.685. The van der Waals surface area contributed by atoms with E-state index in [1.807, 2.05) is 0 Å². The van der Waals surface area contributed by atoms with Gasteiger partial charge in [-0.05, 0) is 38.0 Å². The van der Waals surface area contributed by atoms with E-state index in [0.29, 0.717) is 24.4 Å². The number of fused-ring (bicyclic) bond motifs is 1. The summed E-state index contributed by atoms with van der Waals surface area (Å²) in [6.45, 7) is 2.13. The van der Waals surface area contributed by atoms with Crippen LogP contribution in [0.15, 0.2) is 43.3 Å². The third-order valence-corrected chi connectivity index (χ3v) is 6.91.